The van der Waals surface area contributed by atoms with Crippen LogP contribution < -0.4 is 16.6 Å². The molecule has 1 amide bonds. The number of benzene rings is 1. The van der Waals surface area contributed by atoms with E-state index in [1.54, 1.807) is 12.1 Å². The fourth-order valence-corrected chi connectivity index (χ4v) is 1.86. The maximum atomic E-state index is 12.1. The number of carbonyl (C=O) groups is 1. The monoisotopic (exact) mass is 270 g/mol. The lowest BCUT2D eigenvalue weighted by Gasteiger charge is -2.08. The minimum absolute atomic E-state index is 0.146. The molecule has 5 heteroatoms. The largest absolute Gasteiger partial charge is 0.348 e. The lowest BCUT2D eigenvalue weighted by atomic mass is 10.1. The summed E-state index contributed by atoms with van der Waals surface area (Å²) in [5.74, 6) is 5.65. The van der Waals surface area contributed by atoms with Gasteiger partial charge in [0.15, 0.2) is 0 Å². The van der Waals surface area contributed by atoms with Crippen molar-refractivity contribution in [2.45, 2.75) is 20.4 Å². The van der Waals surface area contributed by atoms with E-state index in [9.17, 15) is 4.79 Å². The molecule has 0 aliphatic heterocycles. The Bertz CT molecular complexity index is 608. The van der Waals surface area contributed by atoms with Gasteiger partial charge in [0, 0.05) is 17.8 Å². The van der Waals surface area contributed by atoms with Crippen molar-refractivity contribution in [2.24, 2.45) is 5.84 Å². The van der Waals surface area contributed by atoms with E-state index in [4.69, 9.17) is 5.84 Å². The van der Waals surface area contributed by atoms with Crippen LogP contribution in [0.3, 0.4) is 0 Å². The summed E-state index contributed by atoms with van der Waals surface area (Å²) in [6, 6.07) is 11.4. The quantitative estimate of drug-likeness (QED) is 0.585. The molecule has 104 valence electrons. The molecule has 2 aromatic rings. The summed E-state index contributed by atoms with van der Waals surface area (Å²) in [7, 11) is 0. The number of nitrogens with one attached hydrogen (secondary N) is 2. The number of hydrogen-bond acceptors (Lipinski definition) is 4. The summed E-state index contributed by atoms with van der Waals surface area (Å²) < 4.78 is 0. The Labute approximate surface area is 118 Å². The molecule has 0 saturated heterocycles. The van der Waals surface area contributed by atoms with Crippen molar-refractivity contribution in [1.29, 1.82) is 0 Å². The predicted molar refractivity (Wildman–Crippen MR) is 79.1 cm³/mol. The normalized spacial score (nSPS) is 10.2. The van der Waals surface area contributed by atoms with Crippen LogP contribution in [0.5, 0.6) is 0 Å². The molecule has 0 unspecified atom stereocenters. The van der Waals surface area contributed by atoms with Gasteiger partial charge in [-0.1, -0.05) is 29.8 Å². The first-order chi connectivity index (χ1) is 9.58. The first-order valence-electron chi connectivity index (χ1n) is 6.37. The van der Waals surface area contributed by atoms with Crippen molar-refractivity contribution in [1.82, 2.24) is 10.3 Å². The number of nitrogens with two attached hydrogens (primary N) is 1. The molecular formula is C15H18N4O. The number of rotatable bonds is 4. The number of amides is 1. The Morgan fingerprint density at radius 3 is 2.55 bits per heavy atom. The molecule has 20 heavy (non-hydrogen) atoms. The van der Waals surface area contributed by atoms with Crippen molar-refractivity contribution >= 4 is 11.7 Å². The lowest BCUT2D eigenvalue weighted by molar-refractivity contribution is 0.0950. The smallest absolute Gasteiger partial charge is 0.251 e. The van der Waals surface area contributed by atoms with Gasteiger partial charge in [-0.15, -0.1) is 0 Å². The Hall–Kier alpha value is -2.40. The highest BCUT2D eigenvalue weighted by Gasteiger charge is 2.08. The van der Waals surface area contributed by atoms with Gasteiger partial charge in [-0.2, -0.15) is 0 Å². The van der Waals surface area contributed by atoms with Gasteiger partial charge >= 0.3 is 0 Å². The Morgan fingerprint density at radius 1 is 1.20 bits per heavy atom. The SMILES string of the molecule is Cc1ccc(CNC(=O)c2cc(C)nc(NN)c2)cc1. The fraction of sp³-hybridized carbons (Fsp3) is 0.200. The number of hydrogen-bond donors (Lipinski definition) is 3. The van der Waals surface area contributed by atoms with Gasteiger partial charge < -0.3 is 10.7 Å². The van der Waals surface area contributed by atoms with E-state index in [1.807, 2.05) is 38.1 Å². The third kappa shape index (κ3) is 3.55. The minimum atomic E-state index is -0.146. The number of carbonyl (C=O) groups excluding carboxylic acids is 1. The summed E-state index contributed by atoms with van der Waals surface area (Å²) in [6.07, 6.45) is 0. The zero-order chi connectivity index (χ0) is 14.5. The topological polar surface area (TPSA) is 80.0 Å². The third-order valence-electron chi connectivity index (χ3n) is 2.94. The van der Waals surface area contributed by atoms with Gasteiger partial charge in [-0.3, -0.25) is 4.79 Å². The van der Waals surface area contributed by atoms with Crippen LogP contribution in [0, 0.1) is 13.8 Å². The van der Waals surface area contributed by atoms with Crippen LogP contribution in [0.2, 0.25) is 0 Å². The van der Waals surface area contributed by atoms with E-state index in [-0.39, 0.29) is 5.91 Å². The number of aryl methyl sites for hydroxylation is 2. The molecule has 0 aliphatic carbocycles. The highest BCUT2D eigenvalue weighted by atomic mass is 16.1. The minimum Gasteiger partial charge on any atom is -0.348 e. The van der Waals surface area contributed by atoms with Gasteiger partial charge in [-0.25, -0.2) is 10.8 Å². The summed E-state index contributed by atoms with van der Waals surface area (Å²) in [4.78, 5) is 16.2. The van der Waals surface area contributed by atoms with Gasteiger partial charge in [0.25, 0.3) is 5.91 Å². The molecule has 1 aromatic heterocycles. The third-order valence-corrected chi connectivity index (χ3v) is 2.94. The first-order valence-corrected chi connectivity index (χ1v) is 6.37. The number of pyridine rings is 1. The van der Waals surface area contributed by atoms with Gasteiger partial charge in [-0.05, 0) is 31.5 Å². The summed E-state index contributed by atoms with van der Waals surface area (Å²) in [5.41, 5.74) is 5.99. The number of nitrogen functional groups attached to an aromatic ring is 1. The standard InChI is InChI=1S/C15H18N4O/c1-10-3-5-12(6-4-10)9-17-15(20)13-7-11(2)18-14(8-13)19-16/h3-8H,9,16H2,1-2H3,(H,17,20)(H,18,19). The Morgan fingerprint density at radius 2 is 1.90 bits per heavy atom. The zero-order valence-corrected chi connectivity index (χ0v) is 11.6. The molecule has 0 atom stereocenters. The van der Waals surface area contributed by atoms with Gasteiger partial charge in [0.2, 0.25) is 0 Å². The second kappa shape index (κ2) is 6.16. The fourth-order valence-electron chi connectivity index (χ4n) is 1.86. The van der Waals surface area contributed by atoms with Crippen LogP contribution in [-0.4, -0.2) is 10.9 Å². The van der Waals surface area contributed by atoms with Crippen LogP contribution in [0.4, 0.5) is 5.82 Å². The molecule has 0 radical (unpaired) electrons. The first kappa shape index (κ1) is 14.0. The van der Waals surface area contributed by atoms with E-state index in [1.165, 1.54) is 5.56 Å². The van der Waals surface area contributed by atoms with Crippen LogP contribution in [0.1, 0.15) is 27.2 Å². The van der Waals surface area contributed by atoms with E-state index < -0.39 is 0 Å². The average molecular weight is 270 g/mol. The predicted octanol–water partition coefficient (Wildman–Crippen LogP) is 1.91. The van der Waals surface area contributed by atoms with E-state index in [0.717, 1.165) is 11.3 Å². The number of hydrazine groups is 1. The number of anilines is 1. The van der Waals surface area contributed by atoms with Crippen molar-refractivity contribution in [2.75, 3.05) is 5.43 Å². The maximum Gasteiger partial charge on any atom is 0.251 e. The van der Waals surface area contributed by atoms with Gasteiger partial charge in [0.05, 0.1) is 0 Å². The second-order valence-electron chi connectivity index (χ2n) is 4.70. The van der Waals surface area contributed by atoms with Crippen LogP contribution in [0.15, 0.2) is 36.4 Å². The summed E-state index contributed by atoms with van der Waals surface area (Å²) >= 11 is 0. The van der Waals surface area contributed by atoms with Crippen molar-refractivity contribution < 1.29 is 4.79 Å². The van der Waals surface area contributed by atoms with E-state index in [2.05, 4.69) is 15.7 Å². The number of nitrogens with zero attached hydrogens (tertiary/aromatic N) is 1. The van der Waals surface area contributed by atoms with Crippen LogP contribution in [-0.2, 0) is 6.54 Å². The maximum absolute atomic E-state index is 12.1. The van der Waals surface area contributed by atoms with E-state index >= 15 is 0 Å². The molecule has 2 rings (SSSR count). The lowest BCUT2D eigenvalue weighted by Crippen LogP contribution is -2.23. The second-order valence-corrected chi connectivity index (χ2v) is 4.70. The van der Waals surface area contributed by atoms with Crippen LogP contribution in [0.25, 0.3) is 0 Å². The molecule has 0 fully saturated rings. The molecule has 4 N–H and O–H groups in total. The Kier molecular flexibility index (Phi) is 4.32. The molecule has 0 bridgehead atoms. The number of aromatic nitrogens is 1. The summed E-state index contributed by atoms with van der Waals surface area (Å²) in [5, 5.41) is 2.88. The highest BCUT2D eigenvalue weighted by Crippen LogP contribution is 2.09. The molecule has 5 nitrogen and oxygen atoms in total. The van der Waals surface area contributed by atoms with Crippen molar-refractivity contribution in [3.05, 3.63) is 58.8 Å². The average Bonchev–Trinajstić information content (AvgIpc) is 2.45. The van der Waals surface area contributed by atoms with Crippen LogP contribution >= 0.6 is 0 Å². The zero-order valence-electron chi connectivity index (χ0n) is 11.6. The highest BCUT2D eigenvalue weighted by molar-refractivity contribution is 5.94. The summed E-state index contributed by atoms with van der Waals surface area (Å²) in [6.45, 7) is 4.34. The molecule has 0 saturated carbocycles. The van der Waals surface area contributed by atoms with Crippen molar-refractivity contribution in [3.63, 3.8) is 0 Å². The molecule has 0 aliphatic rings. The van der Waals surface area contributed by atoms with Crippen molar-refractivity contribution in [3.8, 4) is 0 Å². The van der Waals surface area contributed by atoms with E-state index in [0.29, 0.717) is 17.9 Å². The molecule has 1 aromatic carbocycles. The molecule has 0 spiro atoms. The Balaban J connectivity index is 2.04. The van der Waals surface area contributed by atoms with Gasteiger partial charge in [0.1, 0.15) is 5.82 Å². The molecule has 1 heterocycles. The molecular weight excluding hydrogens is 252 g/mol.